The number of rotatable bonds is 1. The molecule has 3 aromatic rings. The van der Waals surface area contributed by atoms with Gasteiger partial charge in [0.2, 0.25) is 0 Å². The third-order valence-electron chi connectivity index (χ3n) is 2.96. The highest BCUT2D eigenvalue weighted by Gasteiger charge is 2.11. The molecule has 0 aliphatic carbocycles. The number of halogens is 2. The lowest BCUT2D eigenvalue weighted by molar-refractivity contribution is 1.31. The van der Waals surface area contributed by atoms with E-state index in [1.807, 2.05) is 18.2 Å². The summed E-state index contributed by atoms with van der Waals surface area (Å²) in [5, 5.41) is 0. The van der Waals surface area contributed by atoms with Crippen LogP contribution in [0.5, 0.6) is 0 Å². The molecule has 0 bridgehead atoms. The van der Waals surface area contributed by atoms with Crippen molar-refractivity contribution < 1.29 is 0 Å². The van der Waals surface area contributed by atoms with Crippen molar-refractivity contribution in [2.75, 3.05) is 5.73 Å². The number of nitrogens with one attached hydrogen (secondary N) is 1. The Labute approximate surface area is 127 Å². The third kappa shape index (κ3) is 2.28. The average Bonchev–Trinajstić information content (AvgIpc) is 2.76. The van der Waals surface area contributed by atoms with Gasteiger partial charge < -0.3 is 10.7 Å². The smallest absolute Gasteiger partial charge is 0.139 e. The van der Waals surface area contributed by atoms with E-state index < -0.39 is 0 Å². The van der Waals surface area contributed by atoms with Crippen LogP contribution in [-0.4, -0.2) is 9.97 Å². The minimum atomic E-state index is 0.663. The molecule has 3 N–H and O–H groups in total. The van der Waals surface area contributed by atoms with Gasteiger partial charge in [-0.2, -0.15) is 0 Å². The van der Waals surface area contributed by atoms with Gasteiger partial charge in [-0.1, -0.05) is 43.5 Å². The monoisotopic (exact) mass is 379 g/mol. The Kier molecular flexibility index (Phi) is 3.11. The van der Waals surface area contributed by atoms with Crippen LogP contribution in [-0.2, 0) is 0 Å². The number of fused-ring (bicyclic) bond motifs is 1. The maximum atomic E-state index is 5.99. The molecule has 3 nitrogen and oxygen atoms in total. The topological polar surface area (TPSA) is 54.7 Å². The summed E-state index contributed by atoms with van der Waals surface area (Å²) in [6.07, 6.45) is 0. The van der Waals surface area contributed by atoms with Gasteiger partial charge in [-0.05, 0) is 31.2 Å². The summed E-state index contributed by atoms with van der Waals surface area (Å²) in [5.41, 5.74) is 10.6. The van der Waals surface area contributed by atoms with Crippen LogP contribution < -0.4 is 5.73 Å². The number of aromatic amines is 1. The normalized spacial score (nSPS) is 11.1. The highest BCUT2D eigenvalue weighted by atomic mass is 79.9. The third-order valence-corrected chi connectivity index (χ3v) is 4.11. The van der Waals surface area contributed by atoms with E-state index in [9.17, 15) is 0 Å². The van der Waals surface area contributed by atoms with Crippen molar-refractivity contribution in [3.63, 3.8) is 0 Å². The summed E-state index contributed by atoms with van der Waals surface area (Å²) >= 11 is 6.99. The molecular weight excluding hydrogens is 370 g/mol. The van der Waals surface area contributed by atoms with Crippen LogP contribution in [0.1, 0.15) is 5.56 Å². The van der Waals surface area contributed by atoms with Crippen LogP contribution in [0.3, 0.4) is 0 Å². The first-order chi connectivity index (χ1) is 9.04. The number of H-pyrrole nitrogens is 1. The molecular formula is C14H11Br2N3. The zero-order valence-electron chi connectivity index (χ0n) is 10.2. The number of imidazole rings is 1. The molecule has 2 aromatic carbocycles. The summed E-state index contributed by atoms with van der Waals surface area (Å²) in [6, 6.07) is 10.0. The highest BCUT2D eigenvalue weighted by molar-refractivity contribution is 9.10. The molecule has 1 heterocycles. The average molecular weight is 381 g/mol. The summed E-state index contributed by atoms with van der Waals surface area (Å²) < 4.78 is 1.95. The quantitative estimate of drug-likeness (QED) is 0.604. The molecule has 0 atom stereocenters. The van der Waals surface area contributed by atoms with Crippen LogP contribution in [0, 0.1) is 6.92 Å². The van der Waals surface area contributed by atoms with Crippen molar-refractivity contribution in [1.82, 2.24) is 9.97 Å². The molecule has 0 fully saturated rings. The largest absolute Gasteiger partial charge is 0.397 e. The molecule has 0 aliphatic rings. The Morgan fingerprint density at radius 3 is 2.74 bits per heavy atom. The van der Waals surface area contributed by atoms with Gasteiger partial charge in [-0.15, -0.1) is 0 Å². The van der Waals surface area contributed by atoms with Gasteiger partial charge in [0, 0.05) is 14.5 Å². The Hall–Kier alpha value is -1.33. The summed E-state index contributed by atoms with van der Waals surface area (Å²) in [4.78, 5) is 7.90. The van der Waals surface area contributed by atoms with Crippen LogP contribution in [0.4, 0.5) is 5.69 Å². The minimum Gasteiger partial charge on any atom is -0.397 e. The van der Waals surface area contributed by atoms with Crippen LogP contribution in [0.2, 0.25) is 0 Å². The molecule has 0 spiro atoms. The number of benzene rings is 2. The number of nitrogen functional groups attached to an aromatic ring is 1. The van der Waals surface area contributed by atoms with E-state index in [1.54, 1.807) is 0 Å². The van der Waals surface area contributed by atoms with Gasteiger partial charge in [-0.25, -0.2) is 4.98 Å². The number of hydrogen-bond donors (Lipinski definition) is 2. The van der Waals surface area contributed by atoms with Gasteiger partial charge >= 0.3 is 0 Å². The molecule has 0 radical (unpaired) electrons. The number of nitrogens with zero attached hydrogens (tertiary/aromatic N) is 1. The first-order valence-electron chi connectivity index (χ1n) is 5.76. The Morgan fingerprint density at radius 2 is 1.95 bits per heavy atom. The number of aromatic nitrogens is 2. The lowest BCUT2D eigenvalue weighted by atomic mass is 10.1. The fourth-order valence-corrected chi connectivity index (χ4v) is 2.97. The standard InChI is InChI=1S/C14H11Br2N3/c1-7-2-3-10(16)9(4-7)14-18-12-6-8(15)5-11(17)13(12)19-14/h2-6H,17H2,1H3,(H,18,19). The van der Waals surface area contributed by atoms with Crippen molar-refractivity contribution in [1.29, 1.82) is 0 Å². The van der Waals surface area contributed by atoms with Crippen molar-refractivity contribution in [2.45, 2.75) is 6.92 Å². The van der Waals surface area contributed by atoms with E-state index in [4.69, 9.17) is 5.73 Å². The van der Waals surface area contributed by atoms with Crippen molar-refractivity contribution in [3.8, 4) is 11.4 Å². The summed E-state index contributed by atoms with van der Waals surface area (Å²) in [5.74, 6) is 0.815. The lowest BCUT2D eigenvalue weighted by Gasteiger charge is -2.01. The predicted molar refractivity (Wildman–Crippen MR) is 86.1 cm³/mol. The molecule has 5 heteroatoms. The van der Waals surface area contributed by atoms with Gasteiger partial charge in [-0.3, -0.25) is 0 Å². The molecule has 0 unspecified atom stereocenters. The second-order valence-electron chi connectivity index (χ2n) is 4.46. The lowest BCUT2D eigenvalue weighted by Crippen LogP contribution is -1.86. The van der Waals surface area contributed by atoms with E-state index >= 15 is 0 Å². The molecule has 3 rings (SSSR count). The van der Waals surface area contributed by atoms with Gasteiger partial charge in [0.15, 0.2) is 0 Å². The van der Waals surface area contributed by atoms with E-state index in [0.717, 1.165) is 31.4 Å². The Bertz CT molecular complexity index is 778. The van der Waals surface area contributed by atoms with Crippen LogP contribution in [0.25, 0.3) is 22.4 Å². The maximum absolute atomic E-state index is 5.99. The molecule has 19 heavy (non-hydrogen) atoms. The van der Waals surface area contributed by atoms with Gasteiger partial charge in [0.1, 0.15) is 11.3 Å². The summed E-state index contributed by atoms with van der Waals surface area (Å²) in [7, 11) is 0. The van der Waals surface area contributed by atoms with Crippen molar-refractivity contribution >= 4 is 48.6 Å². The number of nitrogens with two attached hydrogens (primary N) is 1. The molecule has 0 amide bonds. The number of anilines is 1. The second-order valence-corrected chi connectivity index (χ2v) is 6.23. The maximum Gasteiger partial charge on any atom is 0.139 e. The first kappa shape index (κ1) is 12.7. The first-order valence-corrected chi connectivity index (χ1v) is 7.34. The van der Waals surface area contributed by atoms with Crippen molar-refractivity contribution in [2.24, 2.45) is 0 Å². The van der Waals surface area contributed by atoms with Crippen molar-refractivity contribution in [3.05, 3.63) is 44.8 Å². The highest BCUT2D eigenvalue weighted by Crippen LogP contribution is 2.31. The van der Waals surface area contributed by atoms with Crippen LogP contribution in [0.15, 0.2) is 39.3 Å². The fourth-order valence-electron chi connectivity index (χ4n) is 2.06. The van der Waals surface area contributed by atoms with Crippen LogP contribution >= 0.6 is 31.9 Å². The molecule has 1 aromatic heterocycles. The van der Waals surface area contributed by atoms with E-state index in [1.165, 1.54) is 5.56 Å². The predicted octanol–water partition coefficient (Wildman–Crippen LogP) is 4.65. The zero-order valence-corrected chi connectivity index (χ0v) is 13.3. The molecule has 0 aliphatic heterocycles. The Morgan fingerprint density at radius 1 is 1.16 bits per heavy atom. The minimum absolute atomic E-state index is 0.663. The number of hydrogen-bond acceptors (Lipinski definition) is 2. The second kappa shape index (κ2) is 4.65. The fraction of sp³-hybridized carbons (Fsp3) is 0.0714. The zero-order chi connectivity index (χ0) is 13.6. The van der Waals surface area contributed by atoms with Gasteiger partial charge in [0.05, 0.1) is 11.2 Å². The van der Waals surface area contributed by atoms with E-state index in [0.29, 0.717) is 5.69 Å². The van der Waals surface area contributed by atoms with E-state index in [2.05, 4.69) is 60.9 Å². The SMILES string of the molecule is Cc1ccc(Br)c(-c2nc3c(N)cc(Br)cc3[nH]2)c1. The molecule has 96 valence electrons. The number of aryl methyl sites for hydroxylation is 1. The van der Waals surface area contributed by atoms with E-state index in [-0.39, 0.29) is 0 Å². The van der Waals surface area contributed by atoms with Gasteiger partial charge in [0.25, 0.3) is 0 Å². The molecule has 0 saturated carbocycles. The Balaban J connectivity index is 2.26. The molecule has 0 saturated heterocycles. The summed E-state index contributed by atoms with van der Waals surface area (Å²) in [6.45, 7) is 2.06.